The van der Waals surface area contributed by atoms with Gasteiger partial charge in [-0.1, -0.05) is 92.9 Å². The van der Waals surface area contributed by atoms with Gasteiger partial charge >= 0.3 is 5.69 Å². The Hall–Kier alpha value is -6.58. The van der Waals surface area contributed by atoms with Crippen molar-refractivity contribution in [1.29, 1.82) is 0 Å². The summed E-state index contributed by atoms with van der Waals surface area (Å²) in [5, 5.41) is 8.30. The fraction of sp³-hybridized carbons (Fsp3) is 0.480. The van der Waals surface area contributed by atoms with Gasteiger partial charge in [-0.15, -0.1) is 0 Å². The van der Waals surface area contributed by atoms with Gasteiger partial charge in [-0.2, -0.15) is 0 Å². The number of rotatable bonds is 18. The van der Waals surface area contributed by atoms with Crippen molar-refractivity contribution in [3.8, 4) is 0 Å². The maximum absolute atomic E-state index is 14.0. The third-order valence-electron chi connectivity index (χ3n) is 13.5. The molecule has 5 N–H and O–H groups in total. The summed E-state index contributed by atoms with van der Waals surface area (Å²) in [6.45, 7) is 2.52. The third kappa shape index (κ3) is 11.1. The molecule has 4 aromatic rings. The lowest BCUT2D eigenvalue weighted by Gasteiger charge is -2.38. The highest BCUT2D eigenvalue weighted by molar-refractivity contribution is 6.00. The molecule has 1 aromatic heterocycles. The molecule has 7 amide bonds. The smallest absolute Gasteiger partial charge is 0.329 e. The van der Waals surface area contributed by atoms with Gasteiger partial charge in [-0.3, -0.25) is 48.0 Å². The lowest BCUT2D eigenvalue weighted by atomic mass is 9.98. The summed E-state index contributed by atoms with van der Waals surface area (Å²) >= 11 is 0. The second-order valence-electron chi connectivity index (χ2n) is 18.1. The van der Waals surface area contributed by atoms with Gasteiger partial charge in [-0.05, 0) is 80.2 Å². The predicted molar refractivity (Wildman–Crippen MR) is 247 cm³/mol. The Morgan fingerprint density at radius 3 is 2.15 bits per heavy atom. The molecule has 5 atom stereocenters. The number of hydrogen-bond donors (Lipinski definition) is 4. The van der Waals surface area contributed by atoms with Gasteiger partial charge in [0.2, 0.25) is 41.4 Å². The lowest BCUT2D eigenvalue weighted by molar-refractivity contribution is -0.147. The number of unbranched alkanes of at least 4 members (excludes halogenated alkanes) is 4. The highest BCUT2D eigenvalue weighted by Crippen LogP contribution is 2.32. The minimum absolute atomic E-state index is 0.00589. The van der Waals surface area contributed by atoms with Crippen LogP contribution >= 0.6 is 0 Å². The maximum Gasteiger partial charge on any atom is 0.329 e. The first-order chi connectivity index (χ1) is 31.8. The summed E-state index contributed by atoms with van der Waals surface area (Å²) < 4.78 is 3.03. The molecule has 350 valence electrons. The third-order valence-corrected chi connectivity index (χ3v) is 13.5. The van der Waals surface area contributed by atoms with E-state index in [1.807, 2.05) is 78.9 Å². The van der Waals surface area contributed by atoms with E-state index in [4.69, 9.17) is 5.73 Å². The molecule has 16 heteroatoms. The summed E-state index contributed by atoms with van der Waals surface area (Å²) in [4.78, 5) is 108. The molecule has 3 fully saturated rings. The zero-order chi connectivity index (χ0) is 46.9. The number of aryl methyl sites for hydroxylation is 2. The number of hydrogen-bond acceptors (Lipinski definition) is 8. The fourth-order valence-electron chi connectivity index (χ4n) is 9.85. The Labute approximate surface area is 384 Å². The number of amides is 7. The Morgan fingerprint density at radius 1 is 0.788 bits per heavy atom. The van der Waals surface area contributed by atoms with Gasteiger partial charge in [0.15, 0.2) is 0 Å². The molecule has 0 bridgehead atoms. The summed E-state index contributed by atoms with van der Waals surface area (Å²) in [5.74, 6) is -3.02. The number of imidazole rings is 1. The average molecular weight is 903 g/mol. The van der Waals surface area contributed by atoms with E-state index in [2.05, 4.69) is 16.0 Å². The Balaban J connectivity index is 0.875. The highest BCUT2D eigenvalue weighted by atomic mass is 16.2. The number of nitrogens with zero attached hydrogens (tertiary/aromatic N) is 4. The van der Waals surface area contributed by atoms with Crippen molar-refractivity contribution in [3.05, 3.63) is 106 Å². The number of imide groups is 1. The molecule has 3 aliphatic heterocycles. The zero-order valence-corrected chi connectivity index (χ0v) is 37.9. The van der Waals surface area contributed by atoms with E-state index in [9.17, 15) is 38.4 Å². The summed E-state index contributed by atoms with van der Waals surface area (Å²) in [5.41, 5.74) is 9.39. The minimum Gasteiger partial charge on any atom is -0.370 e. The van der Waals surface area contributed by atoms with Gasteiger partial charge in [-0.25, -0.2) is 4.79 Å². The molecule has 1 unspecified atom stereocenters. The number of carbonyl (C=O) groups excluding carboxylic acids is 7. The number of aromatic nitrogens is 2. The van der Waals surface area contributed by atoms with Crippen LogP contribution in [-0.4, -0.2) is 91.5 Å². The van der Waals surface area contributed by atoms with Crippen LogP contribution in [-0.2, 0) is 47.0 Å². The molecule has 3 aromatic carbocycles. The van der Waals surface area contributed by atoms with Gasteiger partial charge < -0.3 is 26.2 Å². The van der Waals surface area contributed by atoms with Crippen LogP contribution in [0.3, 0.4) is 0 Å². The normalized spacial score (nSPS) is 20.4. The molecule has 0 saturated carbocycles. The second-order valence-corrected chi connectivity index (χ2v) is 18.1. The van der Waals surface area contributed by atoms with Crippen LogP contribution in [0.25, 0.3) is 11.0 Å². The largest absolute Gasteiger partial charge is 0.370 e. The Kier molecular flexibility index (Phi) is 15.5. The predicted octanol–water partition coefficient (Wildman–Crippen LogP) is 4.08. The first-order valence-corrected chi connectivity index (χ1v) is 23.4. The van der Waals surface area contributed by atoms with E-state index in [0.717, 1.165) is 60.7 Å². The van der Waals surface area contributed by atoms with E-state index >= 15 is 0 Å². The number of nitrogens with one attached hydrogen (secondary N) is 3. The van der Waals surface area contributed by atoms with Crippen molar-refractivity contribution in [2.45, 2.75) is 127 Å². The van der Waals surface area contributed by atoms with E-state index in [1.54, 1.807) is 28.3 Å². The summed E-state index contributed by atoms with van der Waals surface area (Å²) in [6, 6.07) is 21.5. The molecule has 7 rings (SSSR count). The van der Waals surface area contributed by atoms with Crippen molar-refractivity contribution in [2.75, 3.05) is 13.1 Å². The maximum atomic E-state index is 14.0. The first-order valence-electron chi connectivity index (χ1n) is 23.4. The Bertz CT molecular complexity index is 2450. The topological polar surface area (TPSA) is 215 Å². The van der Waals surface area contributed by atoms with E-state index in [-0.39, 0.29) is 61.7 Å². The molecule has 0 radical (unpaired) electrons. The standard InChI is InChI=1S/C50H62N8O8/c1-32-31-56(44(61)19-13-5-3-4-8-14-33-20-23-38-41(30-33)55(2)50(66)58(38)40-25-27-43(60)53-48(40)64)29-28-36-21-24-39(57(36)49(32)65)47(63)52-37(22-26-42(51)59)46(62)54-45(34-15-9-6-10-16-34)35-17-11-7-12-18-35/h6-7,9-12,15-18,20,23,30,32,36-37,39-40,45H,3-5,8,13-14,19,21-22,24-29,31H2,1-2H3,(H2,51,59)(H,52,63)(H,54,62)(H,53,60,64)/t32-,36+,37-,39-,40?/m0/s1. The number of carbonyl (C=O) groups is 7. The summed E-state index contributed by atoms with van der Waals surface area (Å²) in [6.07, 6.45) is 7.60. The molecule has 16 nitrogen and oxygen atoms in total. The molecule has 0 spiro atoms. The molecule has 4 heterocycles. The minimum atomic E-state index is -1.07. The number of nitrogens with two attached hydrogens (primary N) is 1. The number of piperidine rings is 1. The number of benzene rings is 3. The number of primary amides is 1. The SMILES string of the molecule is C[C@H]1CN(C(=O)CCCCCCCc2ccc3c(c2)n(C)c(=O)n3C2CCC(=O)NC2=O)CC[C@H]2CC[C@@H](C(=O)N[C@@H](CCC(N)=O)C(=O)NC(c3ccccc3)c3ccccc3)N2C1=O. The van der Waals surface area contributed by atoms with Gasteiger partial charge in [0.1, 0.15) is 18.1 Å². The van der Waals surface area contributed by atoms with Crippen molar-refractivity contribution in [1.82, 2.24) is 34.9 Å². The number of fused-ring (bicyclic) bond motifs is 2. The van der Waals surface area contributed by atoms with Crippen LogP contribution in [0.2, 0.25) is 0 Å². The molecule has 66 heavy (non-hydrogen) atoms. The molecular weight excluding hydrogens is 841 g/mol. The van der Waals surface area contributed by atoms with Gasteiger partial charge in [0.05, 0.1) is 23.0 Å². The summed E-state index contributed by atoms with van der Waals surface area (Å²) in [7, 11) is 1.69. The van der Waals surface area contributed by atoms with E-state index < -0.39 is 53.7 Å². The zero-order valence-electron chi connectivity index (χ0n) is 37.9. The average Bonchev–Trinajstić information content (AvgIpc) is 3.84. The fourth-order valence-corrected chi connectivity index (χ4v) is 9.85. The van der Waals surface area contributed by atoms with Crippen molar-refractivity contribution < 1.29 is 33.6 Å². The molecular formula is C50H62N8O8. The lowest BCUT2D eigenvalue weighted by Crippen LogP contribution is -2.57. The van der Waals surface area contributed by atoms with Crippen LogP contribution < -0.4 is 27.4 Å². The molecule has 0 aliphatic carbocycles. The van der Waals surface area contributed by atoms with Crippen LogP contribution in [0.4, 0.5) is 0 Å². The van der Waals surface area contributed by atoms with Crippen molar-refractivity contribution in [3.63, 3.8) is 0 Å². The van der Waals surface area contributed by atoms with E-state index in [1.165, 1.54) is 4.57 Å². The van der Waals surface area contributed by atoms with Crippen molar-refractivity contribution in [2.24, 2.45) is 18.7 Å². The van der Waals surface area contributed by atoms with E-state index in [0.29, 0.717) is 37.7 Å². The van der Waals surface area contributed by atoms with Crippen LogP contribution in [0, 0.1) is 5.92 Å². The van der Waals surface area contributed by atoms with Gasteiger partial charge in [0.25, 0.3) is 0 Å². The van der Waals surface area contributed by atoms with Gasteiger partial charge in [0, 0.05) is 45.4 Å². The molecule has 3 saturated heterocycles. The van der Waals surface area contributed by atoms with Crippen LogP contribution in [0.1, 0.15) is 119 Å². The quantitative estimate of drug-likeness (QED) is 0.0842. The highest BCUT2D eigenvalue weighted by Gasteiger charge is 2.44. The Morgan fingerprint density at radius 2 is 1.47 bits per heavy atom. The molecule has 3 aliphatic rings. The first kappa shape index (κ1) is 47.4. The van der Waals surface area contributed by atoms with Crippen LogP contribution in [0.5, 0.6) is 0 Å². The van der Waals surface area contributed by atoms with Crippen LogP contribution in [0.15, 0.2) is 83.7 Å². The monoisotopic (exact) mass is 902 g/mol. The van der Waals surface area contributed by atoms with Crippen molar-refractivity contribution >= 4 is 52.4 Å². The second kappa shape index (κ2) is 21.6.